The van der Waals surface area contributed by atoms with Crippen LogP contribution in [0.15, 0.2) is 0 Å². The minimum Gasteiger partial charge on any atom is -0.381 e. The van der Waals surface area contributed by atoms with Crippen molar-refractivity contribution < 1.29 is 14.3 Å². The summed E-state index contributed by atoms with van der Waals surface area (Å²) in [5.74, 6) is 0.786. The quantitative estimate of drug-likeness (QED) is 0.818. The summed E-state index contributed by atoms with van der Waals surface area (Å²) in [6.07, 6.45) is 7.53. The van der Waals surface area contributed by atoms with Gasteiger partial charge < -0.3 is 14.4 Å². The molecule has 0 spiro atoms. The zero-order valence-electron chi connectivity index (χ0n) is 14.9. The number of aryl methyl sites for hydroxylation is 1. The summed E-state index contributed by atoms with van der Waals surface area (Å²) in [6, 6.07) is 0.184. The molecule has 2 saturated heterocycles. The number of carbonyl (C=O) groups is 1. The van der Waals surface area contributed by atoms with Crippen LogP contribution >= 0.6 is 0 Å². The van der Waals surface area contributed by atoms with E-state index in [4.69, 9.17) is 9.47 Å². The van der Waals surface area contributed by atoms with Crippen molar-refractivity contribution in [3.05, 3.63) is 11.4 Å². The van der Waals surface area contributed by atoms with Crippen molar-refractivity contribution >= 4 is 5.91 Å². The van der Waals surface area contributed by atoms with Crippen molar-refractivity contribution in [1.29, 1.82) is 0 Å². The van der Waals surface area contributed by atoms with E-state index in [2.05, 4.69) is 10.3 Å². The fourth-order valence-electron chi connectivity index (χ4n) is 4.31. The Bertz CT molecular complexity index is 597. The number of fused-ring (bicyclic) bond motifs is 1. The van der Waals surface area contributed by atoms with Crippen LogP contribution in [0.1, 0.15) is 43.5 Å². The number of hydrogen-bond acceptors (Lipinski definition) is 5. The normalized spacial score (nSPS) is 25.0. The van der Waals surface area contributed by atoms with E-state index in [1.165, 1.54) is 12.8 Å². The lowest BCUT2D eigenvalue weighted by atomic mass is 9.91. The van der Waals surface area contributed by atoms with Gasteiger partial charge in [0, 0.05) is 19.8 Å². The molecule has 0 bridgehead atoms. The summed E-state index contributed by atoms with van der Waals surface area (Å²) >= 11 is 0. The third-order valence-corrected chi connectivity index (χ3v) is 5.77. The summed E-state index contributed by atoms with van der Waals surface area (Å²) in [7, 11) is 0. The molecule has 1 atom stereocenters. The van der Waals surface area contributed by atoms with E-state index in [0.717, 1.165) is 56.7 Å². The average molecular weight is 348 g/mol. The number of morpholine rings is 1. The molecule has 3 heterocycles. The maximum atomic E-state index is 13.0. The van der Waals surface area contributed by atoms with Crippen LogP contribution < -0.4 is 0 Å². The van der Waals surface area contributed by atoms with E-state index < -0.39 is 0 Å². The first kappa shape index (κ1) is 17.0. The maximum Gasteiger partial charge on any atom is 0.244 e. The van der Waals surface area contributed by atoms with Crippen molar-refractivity contribution in [2.75, 3.05) is 33.0 Å². The fraction of sp³-hybridized carbons (Fsp3) is 0.833. The highest BCUT2D eigenvalue weighted by Gasteiger charge is 2.31. The predicted molar refractivity (Wildman–Crippen MR) is 91.1 cm³/mol. The van der Waals surface area contributed by atoms with Gasteiger partial charge in [0.25, 0.3) is 0 Å². The van der Waals surface area contributed by atoms with Crippen molar-refractivity contribution in [1.82, 2.24) is 19.9 Å². The van der Waals surface area contributed by atoms with Gasteiger partial charge in [-0.3, -0.25) is 4.79 Å². The number of rotatable bonds is 4. The zero-order valence-corrected chi connectivity index (χ0v) is 14.9. The van der Waals surface area contributed by atoms with E-state index in [9.17, 15) is 4.79 Å². The van der Waals surface area contributed by atoms with Crippen LogP contribution in [0.5, 0.6) is 0 Å². The Morgan fingerprint density at radius 2 is 1.96 bits per heavy atom. The van der Waals surface area contributed by atoms with Gasteiger partial charge >= 0.3 is 0 Å². The molecule has 25 heavy (non-hydrogen) atoms. The molecule has 1 unspecified atom stereocenters. The van der Waals surface area contributed by atoms with Crippen LogP contribution in [0.2, 0.25) is 0 Å². The molecule has 1 aromatic rings. The lowest BCUT2D eigenvalue weighted by Gasteiger charge is -2.38. The fourth-order valence-corrected chi connectivity index (χ4v) is 4.31. The molecule has 4 rings (SSSR count). The second-order valence-corrected chi connectivity index (χ2v) is 7.45. The van der Waals surface area contributed by atoms with Crippen molar-refractivity contribution in [3.8, 4) is 0 Å². The molecule has 3 aliphatic rings. The highest BCUT2D eigenvalue weighted by molar-refractivity contribution is 5.76. The number of carbonyl (C=O) groups excluding carboxylic acids is 1. The Morgan fingerprint density at radius 3 is 2.84 bits per heavy atom. The molecule has 0 saturated carbocycles. The van der Waals surface area contributed by atoms with Gasteiger partial charge in [0.15, 0.2) is 0 Å². The van der Waals surface area contributed by atoms with Gasteiger partial charge in [-0.15, -0.1) is 5.10 Å². The standard InChI is InChI=1S/C18H28N4O3/c23-18(12-22-17-4-2-1-3-16(17)19-20-22)21-7-10-25-13-15(21)11-14-5-8-24-9-6-14/h14-15H,1-13H2. The largest absolute Gasteiger partial charge is 0.381 e. The van der Waals surface area contributed by atoms with Gasteiger partial charge in [-0.2, -0.15) is 0 Å². The molecule has 7 nitrogen and oxygen atoms in total. The van der Waals surface area contributed by atoms with Crippen LogP contribution in [0.3, 0.4) is 0 Å². The van der Waals surface area contributed by atoms with E-state index in [-0.39, 0.29) is 11.9 Å². The van der Waals surface area contributed by atoms with Gasteiger partial charge in [0.05, 0.1) is 30.6 Å². The lowest BCUT2D eigenvalue weighted by Crippen LogP contribution is -2.50. The van der Waals surface area contributed by atoms with E-state index in [1.54, 1.807) is 0 Å². The molecule has 2 fully saturated rings. The Kier molecular flexibility index (Phi) is 5.31. The first-order valence-electron chi connectivity index (χ1n) is 9.67. The molecule has 1 amide bonds. The molecule has 0 aromatic carbocycles. The number of amides is 1. The molecule has 7 heteroatoms. The third kappa shape index (κ3) is 3.87. The summed E-state index contributed by atoms with van der Waals surface area (Å²) in [4.78, 5) is 15.0. The Morgan fingerprint density at radius 1 is 1.12 bits per heavy atom. The van der Waals surface area contributed by atoms with Crippen LogP contribution in [0, 0.1) is 5.92 Å². The smallest absolute Gasteiger partial charge is 0.244 e. The van der Waals surface area contributed by atoms with Crippen LogP contribution in [0.25, 0.3) is 0 Å². The van der Waals surface area contributed by atoms with Gasteiger partial charge in [0.2, 0.25) is 5.91 Å². The first-order chi connectivity index (χ1) is 12.3. The lowest BCUT2D eigenvalue weighted by molar-refractivity contribution is -0.141. The van der Waals surface area contributed by atoms with E-state index in [0.29, 0.717) is 32.2 Å². The molecule has 0 radical (unpaired) electrons. The van der Waals surface area contributed by atoms with E-state index >= 15 is 0 Å². The van der Waals surface area contributed by atoms with Gasteiger partial charge in [0.1, 0.15) is 6.54 Å². The maximum absolute atomic E-state index is 13.0. The Labute approximate surface area is 148 Å². The minimum atomic E-state index is 0.152. The highest BCUT2D eigenvalue weighted by atomic mass is 16.5. The van der Waals surface area contributed by atoms with Crippen molar-refractivity contribution in [3.63, 3.8) is 0 Å². The number of aromatic nitrogens is 3. The number of nitrogens with zero attached hydrogens (tertiary/aromatic N) is 4. The van der Waals surface area contributed by atoms with Crippen molar-refractivity contribution in [2.24, 2.45) is 5.92 Å². The van der Waals surface area contributed by atoms with Crippen LogP contribution in [-0.4, -0.2) is 64.8 Å². The summed E-state index contributed by atoms with van der Waals surface area (Å²) < 4.78 is 13.0. The molecule has 138 valence electrons. The van der Waals surface area contributed by atoms with Crippen LogP contribution in [-0.2, 0) is 33.7 Å². The van der Waals surface area contributed by atoms with E-state index in [1.807, 2.05) is 9.58 Å². The monoisotopic (exact) mass is 348 g/mol. The highest BCUT2D eigenvalue weighted by Crippen LogP contribution is 2.25. The number of ether oxygens (including phenoxy) is 2. The Balaban J connectivity index is 1.41. The van der Waals surface area contributed by atoms with Gasteiger partial charge in [-0.25, -0.2) is 4.68 Å². The molecule has 2 aliphatic heterocycles. The predicted octanol–water partition coefficient (Wildman–Crippen LogP) is 1.20. The number of hydrogen-bond donors (Lipinski definition) is 0. The SMILES string of the molecule is O=C(Cn1nnc2c1CCCC2)N1CCOCC1CC1CCOCC1. The van der Waals surface area contributed by atoms with Gasteiger partial charge in [-0.05, 0) is 50.9 Å². The average Bonchev–Trinajstić information content (AvgIpc) is 3.06. The summed E-state index contributed by atoms with van der Waals surface area (Å²) in [5.41, 5.74) is 2.24. The molecular weight excluding hydrogens is 320 g/mol. The van der Waals surface area contributed by atoms with Gasteiger partial charge in [-0.1, -0.05) is 5.21 Å². The molecular formula is C18H28N4O3. The zero-order chi connectivity index (χ0) is 17.1. The topological polar surface area (TPSA) is 69.5 Å². The second kappa shape index (κ2) is 7.83. The Hall–Kier alpha value is -1.47. The molecule has 0 N–H and O–H groups in total. The molecule has 1 aromatic heterocycles. The van der Waals surface area contributed by atoms with Crippen molar-refractivity contribution in [2.45, 2.75) is 57.5 Å². The second-order valence-electron chi connectivity index (χ2n) is 7.45. The molecule has 1 aliphatic carbocycles. The minimum absolute atomic E-state index is 0.152. The first-order valence-corrected chi connectivity index (χ1v) is 9.67. The third-order valence-electron chi connectivity index (χ3n) is 5.77. The van der Waals surface area contributed by atoms with Crippen LogP contribution in [0.4, 0.5) is 0 Å². The summed E-state index contributed by atoms with van der Waals surface area (Å²) in [5, 5.41) is 8.52. The summed E-state index contributed by atoms with van der Waals surface area (Å²) in [6.45, 7) is 3.97.